The molecule has 1 N–H and O–H groups in total. The molecule has 6 nitrogen and oxygen atoms in total. The number of aryl methyl sites for hydroxylation is 1. The predicted molar refractivity (Wildman–Crippen MR) is 118 cm³/mol. The minimum atomic E-state index is -0.953. The van der Waals surface area contributed by atoms with Gasteiger partial charge in [0.1, 0.15) is 5.82 Å². The number of aromatic carboxylic acids is 1. The van der Waals surface area contributed by atoms with Gasteiger partial charge in [-0.05, 0) is 42.5 Å². The van der Waals surface area contributed by atoms with Crippen molar-refractivity contribution in [3.8, 4) is 11.1 Å². The topological polar surface area (TPSA) is 77.1 Å². The molecule has 156 valence electrons. The van der Waals surface area contributed by atoms with Crippen LogP contribution < -0.4 is 5.69 Å². The first kappa shape index (κ1) is 21.3. The van der Waals surface area contributed by atoms with Crippen LogP contribution in [-0.2, 0) is 13.0 Å². The first-order valence-corrected chi connectivity index (χ1v) is 10.2. The Kier molecular flexibility index (Phi) is 6.67. The molecule has 6 heteroatoms. The first-order chi connectivity index (χ1) is 14.5. The molecule has 0 aliphatic rings. The molecule has 1 atom stereocenters. The Hall–Kier alpha value is -3.41. The number of carboxylic acid groups (broad SMARTS) is 1. The van der Waals surface area contributed by atoms with E-state index < -0.39 is 5.97 Å². The van der Waals surface area contributed by atoms with Crippen LogP contribution in [0.25, 0.3) is 11.1 Å². The second-order valence-electron chi connectivity index (χ2n) is 7.36. The zero-order valence-corrected chi connectivity index (χ0v) is 17.4. The molecular formula is C24H27N3O3. The summed E-state index contributed by atoms with van der Waals surface area (Å²) in [5, 5.41) is 14.0. The second kappa shape index (κ2) is 9.39. The summed E-state index contributed by atoms with van der Waals surface area (Å²) in [6.07, 6.45) is 4.06. The lowest BCUT2D eigenvalue weighted by atomic mass is 9.99. The zero-order valence-electron chi connectivity index (χ0n) is 17.4. The number of benzene rings is 2. The number of aromatic nitrogens is 3. The van der Waals surface area contributed by atoms with Crippen molar-refractivity contribution >= 4 is 5.97 Å². The molecular weight excluding hydrogens is 378 g/mol. The van der Waals surface area contributed by atoms with Crippen molar-refractivity contribution in [3.63, 3.8) is 0 Å². The van der Waals surface area contributed by atoms with Crippen molar-refractivity contribution < 1.29 is 9.90 Å². The summed E-state index contributed by atoms with van der Waals surface area (Å²) in [6, 6.07) is 14.6. The monoisotopic (exact) mass is 405 g/mol. The highest BCUT2D eigenvalue weighted by Crippen LogP contribution is 2.24. The van der Waals surface area contributed by atoms with E-state index in [1.54, 1.807) is 27.4 Å². The molecule has 2 aromatic carbocycles. The van der Waals surface area contributed by atoms with Crippen molar-refractivity contribution in [2.45, 2.75) is 45.7 Å². The SMILES string of the molecule is C=CCCc1nn(C(C)CC)c(=O)n1Cc1ccc(-c2ccccc2C(=O)O)cc1. The van der Waals surface area contributed by atoms with Crippen molar-refractivity contribution in [1.29, 1.82) is 0 Å². The maximum absolute atomic E-state index is 12.9. The third-order valence-corrected chi connectivity index (χ3v) is 5.31. The van der Waals surface area contributed by atoms with Crippen LogP contribution >= 0.6 is 0 Å². The fourth-order valence-electron chi connectivity index (χ4n) is 3.38. The third kappa shape index (κ3) is 4.43. The van der Waals surface area contributed by atoms with Crippen LogP contribution in [0.15, 0.2) is 66.0 Å². The standard InChI is InChI=1S/C24H27N3O3/c1-4-6-11-22-25-27(17(3)5-2)24(30)26(22)16-18-12-14-19(15-13-18)20-9-7-8-10-21(20)23(28)29/h4,7-10,12-15,17H,1,5-6,11,16H2,2-3H3,(H,28,29). The van der Waals surface area contributed by atoms with Crippen LogP contribution in [0.2, 0.25) is 0 Å². The van der Waals surface area contributed by atoms with E-state index in [9.17, 15) is 14.7 Å². The number of rotatable bonds is 9. The van der Waals surface area contributed by atoms with Gasteiger partial charge >= 0.3 is 11.7 Å². The van der Waals surface area contributed by atoms with Gasteiger partial charge in [-0.1, -0.05) is 55.5 Å². The molecule has 0 radical (unpaired) electrons. The minimum Gasteiger partial charge on any atom is -0.478 e. The Balaban J connectivity index is 1.92. The average Bonchev–Trinajstić information content (AvgIpc) is 3.07. The molecule has 0 aliphatic carbocycles. The molecule has 1 heterocycles. The quantitative estimate of drug-likeness (QED) is 0.530. The number of hydrogen-bond acceptors (Lipinski definition) is 3. The summed E-state index contributed by atoms with van der Waals surface area (Å²) < 4.78 is 3.28. The maximum atomic E-state index is 12.9. The van der Waals surface area contributed by atoms with Gasteiger partial charge in [0.05, 0.1) is 18.2 Å². The van der Waals surface area contributed by atoms with Crippen LogP contribution in [0.4, 0.5) is 0 Å². The van der Waals surface area contributed by atoms with E-state index >= 15 is 0 Å². The average molecular weight is 405 g/mol. The molecule has 0 amide bonds. The summed E-state index contributed by atoms with van der Waals surface area (Å²) in [7, 11) is 0. The highest BCUT2D eigenvalue weighted by Gasteiger charge is 2.17. The molecule has 0 saturated heterocycles. The zero-order chi connectivity index (χ0) is 21.7. The summed E-state index contributed by atoms with van der Waals surface area (Å²) in [5.74, 6) is -0.203. The predicted octanol–water partition coefficient (Wildman–Crippen LogP) is 4.55. The van der Waals surface area contributed by atoms with Crippen LogP contribution in [0, 0.1) is 0 Å². The number of carbonyl (C=O) groups is 1. The largest absolute Gasteiger partial charge is 0.478 e. The fraction of sp³-hybridized carbons (Fsp3) is 0.292. The number of carboxylic acids is 1. The minimum absolute atomic E-state index is 0.0381. The molecule has 1 unspecified atom stereocenters. The summed E-state index contributed by atoms with van der Waals surface area (Å²) in [5.41, 5.74) is 2.61. The van der Waals surface area contributed by atoms with Crippen LogP contribution in [-0.4, -0.2) is 25.4 Å². The van der Waals surface area contributed by atoms with Crippen molar-refractivity contribution in [1.82, 2.24) is 14.3 Å². The van der Waals surface area contributed by atoms with Gasteiger partial charge in [-0.3, -0.25) is 4.57 Å². The van der Waals surface area contributed by atoms with E-state index in [1.165, 1.54) is 0 Å². The normalized spacial score (nSPS) is 11.9. The van der Waals surface area contributed by atoms with Gasteiger partial charge in [-0.25, -0.2) is 14.3 Å². The number of hydrogen-bond donors (Lipinski definition) is 1. The molecule has 3 rings (SSSR count). The molecule has 0 saturated carbocycles. The van der Waals surface area contributed by atoms with E-state index in [4.69, 9.17) is 0 Å². The second-order valence-corrected chi connectivity index (χ2v) is 7.36. The van der Waals surface area contributed by atoms with Crippen molar-refractivity contribution in [2.24, 2.45) is 0 Å². The van der Waals surface area contributed by atoms with Gasteiger partial charge in [0.2, 0.25) is 0 Å². The lowest BCUT2D eigenvalue weighted by Crippen LogP contribution is -2.27. The Morgan fingerprint density at radius 1 is 1.20 bits per heavy atom. The summed E-state index contributed by atoms with van der Waals surface area (Å²) >= 11 is 0. The van der Waals surface area contributed by atoms with Crippen molar-refractivity contribution in [3.05, 3.63) is 88.6 Å². The molecule has 0 fully saturated rings. The Labute approximate surface area is 176 Å². The highest BCUT2D eigenvalue weighted by atomic mass is 16.4. The van der Waals surface area contributed by atoms with Crippen LogP contribution in [0.5, 0.6) is 0 Å². The maximum Gasteiger partial charge on any atom is 0.346 e. The van der Waals surface area contributed by atoms with Gasteiger partial charge in [0, 0.05) is 6.42 Å². The van der Waals surface area contributed by atoms with Crippen LogP contribution in [0.3, 0.4) is 0 Å². The molecule has 3 aromatic rings. The Morgan fingerprint density at radius 3 is 2.53 bits per heavy atom. The Morgan fingerprint density at radius 2 is 1.90 bits per heavy atom. The molecule has 1 aromatic heterocycles. The van der Waals surface area contributed by atoms with E-state index in [1.807, 2.05) is 50.3 Å². The Bertz CT molecular complexity index is 1090. The summed E-state index contributed by atoms with van der Waals surface area (Å²) in [6.45, 7) is 8.21. The van der Waals surface area contributed by atoms with E-state index in [-0.39, 0.29) is 17.3 Å². The fourth-order valence-corrected chi connectivity index (χ4v) is 3.38. The van der Waals surface area contributed by atoms with Gasteiger partial charge in [0.15, 0.2) is 0 Å². The number of nitrogens with zero attached hydrogens (tertiary/aromatic N) is 3. The van der Waals surface area contributed by atoms with E-state index in [0.29, 0.717) is 18.5 Å². The lowest BCUT2D eigenvalue weighted by Gasteiger charge is -2.09. The van der Waals surface area contributed by atoms with Gasteiger partial charge in [-0.15, -0.1) is 6.58 Å². The molecule has 0 spiro atoms. The highest BCUT2D eigenvalue weighted by molar-refractivity contribution is 5.95. The smallest absolute Gasteiger partial charge is 0.346 e. The summed E-state index contributed by atoms with van der Waals surface area (Å²) in [4.78, 5) is 24.4. The van der Waals surface area contributed by atoms with Crippen LogP contribution in [0.1, 0.15) is 54.5 Å². The molecule has 0 bridgehead atoms. The lowest BCUT2D eigenvalue weighted by molar-refractivity contribution is 0.0697. The van der Waals surface area contributed by atoms with E-state index in [2.05, 4.69) is 11.7 Å². The third-order valence-electron chi connectivity index (χ3n) is 5.31. The number of allylic oxidation sites excluding steroid dienone is 1. The first-order valence-electron chi connectivity index (χ1n) is 10.2. The molecule has 0 aliphatic heterocycles. The van der Waals surface area contributed by atoms with Gasteiger partial charge in [-0.2, -0.15) is 5.10 Å². The van der Waals surface area contributed by atoms with E-state index in [0.717, 1.165) is 29.8 Å². The van der Waals surface area contributed by atoms with Crippen molar-refractivity contribution in [2.75, 3.05) is 0 Å². The van der Waals surface area contributed by atoms with Gasteiger partial charge < -0.3 is 5.11 Å². The van der Waals surface area contributed by atoms with Gasteiger partial charge in [0.25, 0.3) is 0 Å². The molecule has 30 heavy (non-hydrogen) atoms.